The van der Waals surface area contributed by atoms with Crippen LogP contribution in [-0.4, -0.2) is 21.0 Å². The topological polar surface area (TPSA) is 103 Å². The van der Waals surface area contributed by atoms with E-state index in [1.54, 1.807) is 30.3 Å². The minimum absolute atomic E-state index is 0.00692. The second-order valence-corrected chi connectivity index (χ2v) is 7.19. The third-order valence-corrected chi connectivity index (χ3v) is 5.09. The van der Waals surface area contributed by atoms with Crippen molar-refractivity contribution in [1.29, 1.82) is 5.41 Å². The highest BCUT2D eigenvalue weighted by Crippen LogP contribution is 2.29. The van der Waals surface area contributed by atoms with Gasteiger partial charge in [-0.25, -0.2) is 9.37 Å². The Kier molecular flexibility index (Phi) is 5.75. The minimum Gasteiger partial charge on any atom is -0.384 e. The van der Waals surface area contributed by atoms with Gasteiger partial charge in [0.25, 0.3) is 0 Å². The van der Waals surface area contributed by atoms with E-state index < -0.39 is 6.04 Å². The van der Waals surface area contributed by atoms with E-state index in [1.807, 2.05) is 43.3 Å². The monoisotopic (exact) mass is 414 g/mol. The number of aryl methyl sites for hydroxylation is 1. The molecule has 0 radical (unpaired) electrons. The van der Waals surface area contributed by atoms with Gasteiger partial charge in [0.2, 0.25) is 0 Å². The first-order valence-electron chi connectivity index (χ1n) is 10.0. The molecule has 6 nitrogen and oxygen atoms in total. The van der Waals surface area contributed by atoms with Crippen LogP contribution in [0.25, 0.3) is 11.4 Å². The number of rotatable bonds is 7. The summed E-state index contributed by atoms with van der Waals surface area (Å²) >= 11 is 0. The first-order valence-corrected chi connectivity index (χ1v) is 10.0. The Bertz CT molecular complexity index is 1180. The third-order valence-electron chi connectivity index (χ3n) is 5.09. The van der Waals surface area contributed by atoms with Gasteiger partial charge in [-0.2, -0.15) is 5.10 Å². The molecule has 1 atom stereocenters. The summed E-state index contributed by atoms with van der Waals surface area (Å²) in [4.78, 5) is 4.65. The molecular formula is C24H23FN6. The van der Waals surface area contributed by atoms with E-state index in [2.05, 4.69) is 20.5 Å². The van der Waals surface area contributed by atoms with Gasteiger partial charge in [-0.3, -0.25) is 10.5 Å². The lowest BCUT2D eigenvalue weighted by Gasteiger charge is -2.20. The number of anilines is 1. The first-order chi connectivity index (χ1) is 15.0. The number of amidine groups is 1. The lowest BCUT2D eigenvalue weighted by Crippen LogP contribution is -2.16. The second kappa shape index (κ2) is 8.79. The van der Waals surface area contributed by atoms with Crippen LogP contribution in [0.15, 0.2) is 72.8 Å². The Hall–Kier alpha value is -4.00. The number of aromatic nitrogens is 3. The van der Waals surface area contributed by atoms with Crippen molar-refractivity contribution in [2.75, 3.05) is 5.32 Å². The van der Waals surface area contributed by atoms with Crippen molar-refractivity contribution in [3.63, 3.8) is 0 Å². The molecule has 0 aliphatic carbocycles. The zero-order chi connectivity index (χ0) is 21.8. The highest BCUT2D eigenvalue weighted by atomic mass is 19.1. The van der Waals surface area contributed by atoms with Crippen molar-refractivity contribution in [2.24, 2.45) is 5.73 Å². The maximum Gasteiger partial charge on any atom is 0.181 e. The molecule has 31 heavy (non-hydrogen) atoms. The van der Waals surface area contributed by atoms with E-state index in [4.69, 9.17) is 11.1 Å². The number of H-pyrrole nitrogens is 1. The molecule has 0 saturated heterocycles. The molecule has 5 N–H and O–H groups in total. The standard InChI is InChI=1S/C24H23FN6/c1-2-15-8-13-20(25)19(14-15)21(28-18-11-9-16(10-12-18)22(26)27)24-29-23(30-31-24)17-6-4-3-5-7-17/h3-14,21,28H,2H2,1H3,(H3,26,27)(H,29,30,31). The van der Waals surface area contributed by atoms with Crippen LogP contribution in [0.4, 0.5) is 10.1 Å². The van der Waals surface area contributed by atoms with Gasteiger partial charge in [0.15, 0.2) is 11.6 Å². The molecular weight excluding hydrogens is 391 g/mol. The van der Waals surface area contributed by atoms with Gasteiger partial charge in [0.05, 0.1) is 0 Å². The fourth-order valence-corrected chi connectivity index (χ4v) is 3.36. The van der Waals surface area contributed by atoms with Crippen LogP contribution in [0.2, 0.25) is 0 Å². The Morgan fingerprint density at radius 1 is 1.10 bits per heavy atom. The Morgan fingerprint density at radius 2 is 1.84 bits per heavy atom. The number of hydrogen-bond donors (Lipinski definition) is 4. The summed E-state index contributed by atoms with van der Waals surface area (Å²) in [6.07, 6.45) is 0.791. The lowest BCUT2D eigenvalue weighted by atomic mass is 10.0. The number of benzene rings is 3. The molecule has 0 aliphatic rings. The van der Waals surface area contributed by atoms with Gasteiger partial charge in [0, 0.05) is 22.4 Å². The average molecular weight is 414 g/mol. The summed E-state index contributed by atoms with van der Waals surface area (Å²) in [6.45, 7) is 2.03. The molecule has 0 spiro atoms. The Balaban J connectivity index is 1.74. The first kappa shape index (κ1) is 20.3. The number of aromatic amines is 1. The van der Waals surface area contributed by atoms with Crippen molar-refractivity contribution in [2.45, 2.75) is 19.4 Å². The Labute approximate surface area is 179 Å². The van der Waals surface area contributed by atoms with E-state index in [-0.39, 0.29) is 11.7 Å². The summed E-state index contributed by atoms with van der Waals surface area (Å²) in [5.74, 6) is 0.711. The molecule has 0 bridgehead atoms. The van der Waals surface area contributed by atoms with Gasteiger partial charge in [-0.1, -0.05) is 49.4 Å². The predicted octanol–water partition coefficient (Wildman–Crippen LogP) is 4.66. The predicted molar refractivity (Wildman–Crippen MR) is 121 cm³/mol. The number of nitrogens with zero attached hydrogens (tertiary/aromatic N) is 2. The number of nitrogens with one attached hydrogen (secondary N) is 3. The maximum absolute atomic E-state index is 14.9. The molecule has 1 aromatic heterocycles. The normalized spacial score (nSPS) is 11.8. The van der Waals surface area contributed by atoms with Crippen molar-refractivity contribution in [3.05, 3.63) is 101 Å². The van der Waals surface area contributed by atoms with E-state index in [0.29, 0.717) is 22.8 Å². The largest absolute Gasteiger partial charge is 0.384 e. The Morgan fingerprint density at radius 3 is 2.52 bits per heavy atom. The van der Waals surface area contributed by atoms with E-state index >= 15 is 0 Å². The second-order valence-electron chi connectivity index (χ2n) is 7.19. The van der Waals surface area contributed by atoms with Crippen LogP contribution < -0.4 is 11.1 Å². The highest BCUT2D eigenvalue weighted by molar-refractivity contribution is 5.95. The van der Waals surface area contributed by atoms with E-state index in [9.17, 15) is 4.39 Å². The van der Waals surface area contributed by atoms with Crippen molar-refractivity contribution >= 4 is 11.5 Å². The third kappa shape index (κ3) is 4.45. The van der Waals surface area contributed by atoms with Crippen LogP contribution in [-0.2, 0) is 6.42 Å². The molecule has 3 aromatic carbocycles. The quantitative estimate of drug-likeness (QED) is 0.261. The van der Waals surface area contributed by atoms with Crippen molar-refractivity contribution in [3.8, 4) is 11.4 Å². The van der Waals surface area contributed by atoms with E-state index in [0.717, 1.165) is 23.2 Å². The SMILES string of the molecule is CCc1ccc(F)c(C(Nc2ccc(C(=N)N)cc2)c2nc(-c3ccccc3)n[nH]2)c1. The molecule has 0 fully saturated rings. The maximum atomic E-state index is 14.9. The zero-order valence-electron chi connectivity index (χ0n) is 17.1. The van der Waals surface area contributed by atoms with E-state index in [1.165, 1.54) is 6.07 Å². The smallest absolute Gasteiger partial charge is 0.181 e. The van der Waals surface area contributed by atoms with Gasteiger partial charge in [-0.05, 0) is 42.3 Å². The molecule has 1 heterocycles. The van der Waals surface area contributed by atoms with Crippen LogP contribution in [0.1, 0.15) is 35.5 Å². The molecule has 0 amide bonds. The number of hydrogen-bond acceptors (Lipinski definition) is 4. The van der Waals surface area contributed by atoms with Crippen molar-refractivity contribution in [1.82, 2.24) is 15.2 Å². The minimum atomic E-state index is -0.584. The summed E-state index contributed by atoms with van der Waals surface area (Å²) < 4.78 is 14.9. The molecule has 0 aliphatic heterocycles. The summed E-state index contributed by atoms with van der Waals surface area (Å²) in [5.41, 5.74) is 9.29. The summed E-state index contributed by atoms with van der Waals surface area (Å²) in [6, 6.07) is 21.3. The number of nitrogens with two attached hydrogens (primary N) is 1. The van der Waals surface area contributed by atoms with Crippen LogP contribution in [0.5, 0.6) is 0 Å². The highest BCUT2D eigenvalue weighted by Gasteiger charge is 2.23. The summed E-state index contributed by atoms with van der Waals surface area (Å²) in [5, 5.41) is 18.2. The molecule has 4 rings (SSSR count). The molecule has 156 valence electrons. The van der Waals surface area contributed by atoms with Gasteiger partial charge in [0.1, 0.15) is 17.7 Å². The van der Waals surface area contributed by atoms with Gasteiger partial charge in [-0.15, -0.1) is 0 Å². The van der Waals surface area contributed by atoms with Crippen LogP contribution >= 0.6 is 0 Å². The molecule has 0 saturated carbocycles. The van der Waals surface area contributed by atoms with Crippen molar-refractivity contribution < 1.29 is 4.39 Å². The average Bonchev–Trinajstić information content (AvgIpc) is 3.29. The van der Waals surface area contributed by atoms with Crippen LogP contribution in [0.3, 0.4) is 0 Å². The zero-order valence-corrected chi connectivity index (χ0v) is 17.1. The fourth-order valence-electron chi connectivity index (χ4n) is 3.36. The number of nitrogen functional groups attached to an aromatic ring is 1. The van der Waals surface area contributed by atoms with Crippen LogP contribution in [0, 0.1) is 11.2 Å². The molecule has 1 unspecified atom stereocenters. The lowest BCUT2D eigenvalue weighted by molar-refractivity contribution is 0.599. The molecule has 4 aromatic rings. The van der Waals surface area contributed by atoms with Gasteiger partial charge < -0.3 is 11.1 Å². The summed E-state index contributed by atoms with van der Waals surface area (Å²) in [7, 11) is 0. The number of halogens is 1. The molecule has 7 heteroatoms. The van der Waals surface area contributed by atoms with Gasteiger partial charge >= 0.3 is 0 Å². The fraction of sp³-hybridized carbons (Fsp3) is 0.125.